The lowest BCUT2D eigenvalue weighted by atomic mass is 9.96. The Labute approximate surface area is 193 Å². The molecule has 5 nitrogen and oxygen atoms in total. The fourth-order valence-corrected chi connectivity index (χ4v) is 5.14. The molecule has 1 unspecified atom stereocenters. The van der Waals surface area contributed by atoms with Gasteiger partial charge in [0.1, 0.15) is 11.6 Å². The smallest absolute Gasteiger partial charge is 0.241 e. The topological polar surface area (TPSA) is 41.4 Å². The number of rotatable bonds is 5. The number of carbonyl (C=O) groups excluding carboxylic acids is 1. The molecule has 0 radical (unpaired) electrons. The van der Waals surface area contributed by atoms with Gasteiger partial charge in [-0.15, -0.1) is 12.6 Å². The number of carbonyl (C=O) groups is 1. The molecule has 1 atom stereocenters. The van der Waals surface area contributed by atoms with Crippen LogP contribution in [0.15, 0.2) is 59.6 Å². The Morgan fingerprint density at radius 3 is 2.81 bits per heavy atom. The summed E-state index contributed by atoms with van der Waals surface area (Å²) in [6.45, 7) is 2.71. The first kappa shape index (κ1) is 21.2. The van der Waals surface area contributed by atoms with Crippen LogP contribution in [0.3, 0.4) is 0 Å². The van der Waals surface area contributed by atoms with Crippen LogP contribution in [0.25, 0.3) is 0 Å². The molecule has 3 heterocycles. The Morgan fingerprint density at radius 2 is 2.00 bits per heavy atom. The average molecular weight is 451 g/mol. The number of amides is 1. The third-order valence-corrected chi connectivity index (χ3v) is 6.78. The van der Waals surface area contributed by atoms with E-state index in [0.717, 1.165) is 66.4 Å². The Bertz CT molecular complexity index is 1130. The van der Waals surface area contributed by atoms with Gasteiger partial charge in [0.2, 0.25) is 5.91 Å². The van der Waals surface area contributed by atoms with E-state index in [2.05, 4.69) is 27.1 Å². The molecule has 1 fully saturated rings. The second-order valence-electron chi connectivity index (χ2n) is 8.59. The quantitative estimate of drug-likeness (QED) is 0.595. The fourth-order valence-electron chi connectivity index (χ4n) is 4.92. The van der Waals surface area contributed by atoms with Crippen LogP contribution < -0.4 is 4.90 Å². The van der Waals surface area contributed by atoms with Crippen molar-refractivity contribution in [3.8, 4) is 0 Å². The molecule has 1 amide bonds. The first-order valence-electron chi connectivity index (χ1n) is 11.2. The van der Waals surface area contributed by atoms with Crippen LogP contribution in [-0.4, -0.2) is 46.5 Å². The van der Waals surface area contributed by atoms with Crippen molar-refractivity contribution >= 4 is 24.2 Å². The molecule has 0 N–H and O–H groups in total. The number of piperazine rings is 1. The van der Waals surface area contributed by atoms with E-state index < -0.39 is 0 Å². The van der Waals surface area contributed by atoms with Gasteiger partial charge in [0, 0.05) is 54.9 Å². The molecule has 0 saturated carbocycles. The van der Waals surface area contributed by atoms with Crippen molar-refractivity contribution in [2.75, 3.05) is 31.1 Å². The molecule has 2 aliphatic rings. The van der Waals surface area contributed by atoms with Crippen LogP contribution in [-0.2, 0) is 17.6 Å². The van der Waals surface area contributed by atoms with E-state index in [4.69, 9.17) is 0 Å². The lowest BCUT2D eigenvalue weighted by molar-refractivity contribution is -0.121. The van der Waals surface area contributed by atoms with E-state index in [-0.39, 0.29) is 17.8 Å². The highest BCUT2D eigenvalue weighted by Crippen LogP contribution is 2.32. The largest absolute Gasteiger partial charge is 0.325 e. The zero-order valence-corrected chi connectivity index (χ0v) is 18.8. The van der Waals surface area contributed by atoms with E-state index in [0.29, 0.717) is 13.1 Å². The number of thiol groups is 1. The van der Waals surface area contributed by atoms with Gasteiger partial charge in [-0.1, -0.05) is 18.2 Å². The van der Waals surface area contributed by atoms with Crippen molar-refractivity contribution in [2.24, 2.45) is 0 Å². The second-order valence-corrected chi connectivity index (χ2v) is 9.11. The predicted octanol–water partition coefficient (Wildman–Crippen LogP) is 4.13. The minimum atomic E-state index is -0.198. The number of anilines is 1. The molecule has 1 aromatic heterocycles. The molecule has 2 aliphatic heterocycles. The van der Waals surface area contributed by atoms with Gasteiger partial charge in [0.25, 0.3) is 0 Å². The summed E-state index contributed by atoms with van der Waals surface area (Å²) < 4.78 is 16.2. The number of aryl methyl sites for hydroxylation is 1. The maximum absolute atomic E-state index is 13.9. The Morgan fingerprint density at radius 1 is 1.12 bits per heavy atom. The number of halogens is 1. The molecular weight excluding hydrogens is 423 g/mol. The van der Waals surface area contributed by atoms with Gasteiger partial charge >= 0.3 is 0 Å². The molecule has 0 aliphatic carbocycles. The number of benzene rings is 2. The maximum atomic E-state index is 13.9. The molecule has 1 saturated heterocycles. The molecule has 5 rings (SSSR count). The van der Waals surface area contributed by atoms with Crippen molar-refractivity contribution in [1.82, 2.24) is 14.5 Å². The zero-order valence-electron chi connectivity index (χ0n) is 18.0. The minimum Gasteiger partial charge on any atom is -0.325 e. The fraction of sp³-hybridized carbons (Fsp3) is 0.360. The molecule has 7 heteroatoms. The van der Waals surface area contributed by atoms with Crippen molar-refractivity contribution in [3.05, 3.63) is 77.6 Å². The Kier molecular flexibility index (Phi) is 6.02. The van der Waals surface area contributed by atoms with E-state index in [1.807, 2.05) is 41.4 Å². The summed E-state index contributed by atoms with van der Waals surface area (Å²) in [7, 11) is 0. The summed E-state index contributed by atoms with van der Waals surface area (Å²) in [5.41, 5.74) is 3.07. The maximum Gasteiger partial charge on any atom is 0.241 e. The van der Waals surface area contributed by atoms with Gasteiger partial charge in [-0.25, -0.2) is 9.37 Å². The van der Waals surface area contributed by atoms with Gasteiger partial charge in [-0.3, -0.25) is 9.69 Å². The molecule has 0 spiro atoms. The number of aromatic nitrogens is 2. The average Bonchev–Trinajstić information content (AvgIpc) is 3.21. The zero-order chi connectivity index (χ0) is 22.1. The highest BCUT2D eigenvalue weighted by Gasteiger charge is 2.27. The third-order valence-electron chi connectivity index (χ3n) is 6.50. The highest BCUT2D eigenvalue weighted by molar-refractivity contribution is 7.80. The number of hydrogen-bond acceptors (Lipinski definition) is 4. The number of imidazole rings is 1. The summed E-state index contributed by atoms with van der Waals surface area (Å²) in [6, 6.07) is 14.8. The molecule has 3 aromatic rings. The van der Waals surface area contributed by atoms with Crippen LogP contribution >= 0.6 is 12.6 Å². The van der Waals surface area contributed by atoms with Crippen LogP contribution in [0, 0.1) is 5.82 Å². The standard InChI is InChI=1S/C25H27FN4OS/c26-19-5-1-4-18(14-19)23-8-3-9-24-27-16-21(30(23)24)10-11-28-12-13-29(25(31)17-28)20-6-2-7-22(32)15-20/h1-2,4-7,14-16,23,32H,3,8-13,17H2. The summed E-state index contributed by atoms with van der Waals surface area (Å²) in [5, 5.41) is 0. The summed E-state index contributed by atoms with van der Waals surface area (Å²) in [6.07, 6.45) is 5.78. The summed E-state index contributed by atoms with van der Waals surface area (Å²) >= 11 is 4.39. The van der Waals surface area contributed by atoms with Crippen molar-refractivity contribution in [1.29, 1.82) is 0 Å². The van der Waals surface area contributed by atoms with Gasteiger partial charge < -0.3 is 9.47 Å². The summed E-state index contributed by atoms with van der Waals surface area (Å²) in [5.74, 6) is 0.993. The second kappa shape index (κ2) is 9.08. The van der Waals surface area contributed by atoms with Crippen LogP contribution in [0.5, 0.6) is 0 Å². The van der Waals surface area contributed by atoms with Gasteiger partial charge in [0.05, 0.1) is 12.6 Å². The SMILES string of the molecule is O=C1CN(CCc2cnc3n2C(c2cccc(F)c2)CCC3)CCN1c1cccc(S)c1. The van der Waals surface area contributed by atoms with E-state index in [9.17, 15) is 9.18 Å². The normalized spacial score (nSPS) is 19.2. The van der Waals surface area contributed by atoms with Crippen molar-refractivity contribution < 1.29 is 9.18 Å². The number of nitrogens with zero attached hydrogens (tertiary/aromatic N) is 4. The highest BCUT2D eigenvalue weighted by atomic mass is 32.1. The van der Waals surface area contributed by atoms with E-state index in [1.54, 1.807) is 12.1 Å². The molecule has 2 aromatic carbocycles. The number of fused-ring (bicyclic) bond motifs is 1. The lowest BCUT2D eigenvalue weighted by Gasteiger charge is -2.34. The Balaban J connectivity index is 1.27. The molecular formula is C25H27FN4OS. The van der Waals surface area contributed by atoms with Gasteiger partial charge in [0.15, 0.2) is 0 Å². The third kappa shape index (κ3) is 4.32. The first-order chi connectivity index (χ1) is 15.6. The van der Waals surface area contributed by atoms with E-state index in [1.165, 1.54) is 6.07 Å². The molecule has 0 bridgehead atoms. The Hall–Kier alpha value is -2.64. The van der Waals surface area contributed by atoms with Crippen molar-refractivity contribution in [3.63, 3.8) is 0 Å². The van der Waals surface area contributed by atoms with Gasteiger partial charge in [-0.05, 0) is 48.7 Å². The first-order valence-corrected chi connectivity index (χ1v) is 11.7. The van der Waals surface area contributed by atoms with Crippen LogP contribution in [0.1, 0.15) is 36.0 Å². The number of hydrogen-bond donors (Lipinski definition) is 1. The lowest BCUT2D eigenvalue weighted by Crippen LogP contribution is -2.51. The van der Waals surface area contributed by atoms with E-state index >= 15 is 0 Å². The monoisotopic (exact) mass is 450 g/mol. The summed E-state index contributed by atoms with van der Waals surface area (Å²) in [4.78, 5) is 22.4. The predicted molar refractivity (Wildman–Crippen MR) is 126 cm³/mol. The van der Waals surface area contributed by atoms with Crippen molar-refractivity contribution in [2.45, 2.75) is 36.6 Å². The minimum absolute atomic E-state index is 0.114. The molecule has 32 heavy (non-hydrogen) atoms. The molecule has 166 valence electrons. The van der Waals surface area contributed by atoms with Gasteiger partial charge in [-0.2, -0.15) is 0 Å². The van der Waals surface area contributed by atoms with Crippen LogP contribution in [0.4, 0.5) is 10.1 Å². The van der Waals surface area contributed by atoms with Crippen LogP contribution in [0.2, 0.25) is 0 Å².